The van der Waals surface area contributed by atoms with Crippen LogP contribution in [0.1, 0.15) is 6.42 Å². The minimum atomic E-state index is -3.62. The number of rotatable bonds is 6. The van der Waals surface area contributed by atoms with Crippen LogP contribution >= 0.6 is 27.3 Å². The Morgan fingerprint density at radius 1 is 1.43 bits per heavy atom. The van der Waals surface area contributed by atoms with Gasteiger partial charge in [-0.1, -0.05) is 11.6 Å². The van der Waals surface area contributed by atoms with Crippen LogP contribution in [0.5, 0.6) is 0 Å². The lowest BCUT2D eigenvalue weighted by atomic mass is 10.1. The average Bonchev–Trinajstić information content (AvgIpc) is 2.92. The first-order valence-corrected chi connectivity index (χ1v) is 9.47. The van der Waals surface area contributed by atoms with Gasteiger partial charge in [-0.2, -0.15) is 0 Å². The van der Waals surface area contributed by atoms with E-state index in [0.29, 0.717) is 6.54 Å². The molecular formula is C12H16BrN3O3S2. The zero-order valence-corrected chi connectivity index (χ0v) is 14.4. The third kappa shape index (κ3) is 5.19. The molecule has 3 N–H and O–H groups in total. The number of carbonyl (C=O) groups is 1. The first kappa shape index (κ1) is 16.6. The lowest BCUT2D eigenvalue weighted by Crippen LogP contribution is -2.38. The lowest BCUT2D eigenvalue weighted by Gasteiger charge is -2.14. The highest BCUT2D eigenvalue weighted by Gasteiger charge is 2.17. The monoisotopic (exact) mass is 393 g/mol. The molecule has 21 heavy (non-hydrogen) atoms. The lowest BCUT2D eigenvalue weighted by molar-refractivity contribution is -0.119. The summed E-state index contributed by atoms with van der Waals surface area (Å²) in [4.78, 5) is 11.7. The number of hydrogen-bond acceptors (Lipinski definition) is 5. The molecule has 0 spiro atoms. The maximum atomic E-state index is 11.9. The van der Waals surface area contributed by atoms with Crippen LogP contribution in [0.15, 0.2) is 31.8 Å². The van der Waals surface area contributed by atoms with Crippen LogP contribution in [0.25, 0.3) is 0 Å². The summed E-state index contributed by atoms with van der Waals surface area (Å²) >= 11 is 4.31. The Hall–Kier alpha value is -0.740. The quantitative estimate of drug-likeness (QED) is 0.624. The molecule has 1 aliphatic rings. The van der Waals surface area contributed by atoms with E-state index in [0.717, 1.165) is 40.2 Å². The van der Waals surface area contributed by atoms with Crippen molar-refractivity contribution in [1.82, 2.24) is 15.4 Å². The molecule has 1 aromatic heterocycles. The SMILES string of the molecule is O=C(CNS(=O)(=O)c1ccc(Br)s1)NCC1=CCNCC1. The van der Waals surface area contributed by atoms with E-state index in [1.54, 1.807) is 6.07 Å². The standard InChI is InChI=1S/C12H16BrN3O3S2/c13-10-1-2-12(20-10)21(18,19)16-8-11(17)15-7-9-3-5-14-6-4-9/h1-3,14,16H,4-8H2,(H,15,17). The van der Waals surface area contributed by atoms with E-state index in [-0.39, 0.29) is 16.7 Å². The summed E-state index contributed by atoms with van der Waals surface area (Å²) < 4.78 is 27.1. The Labute approximate surface area is 136 Å². The molecule has 0 saturated heterocycles. The normalized spacial score (nSPS) is 15.6. The fourth-order valence-corrected chi connectivity index (χ4v) is 4.82. The number of thiophene rings is 1. The predicted octanol–water partition coefficient (Wildman–Crippen LogP) is 0.825. The van der Waals surface area contributed by atoms with Gasteiger partial charge in [0.25, 0.3) is 10.0 Å². The van der Waals surface area contributed by atoms with Crippen molar-refractivity contribution in [1.29, 1.82) is 0 Å². The summed E-state index contributed by atoms with van der Waals surface area (Å²) in [6, 6.07) is 3.15. The topological polar surface area (TPSA) is 87.3 Å². The molecule has 6 nitrogen and oxygen atoms in total. The van der Waals surface area contributed by atoms with Crippen LogP contribution in [0.2, 0.25) is 0 Å². The van der Waals surface area contributed by atoms with Crippen molar-refractivity contribution < 1.29 is 13.2 Å². The smallest absolute Gasteiger partial charge is 0.250 e. The summed E-state index contributed by atoms with van der Waals surface area (Å²) in [5.74, 6) is -0.339. The fourth-order valence-electron chi connectivity index (χ4n) is 1.78. The second kappa shape index (κ2) is 7.50. The maximum Gasteiger partial charge on any atom is 0.250 e. The highest BCUT2D eigenvalue weighted by Crippen LogP contribution is 2.25. The molecule has 0 aromatic carbocycles. The van der Waals surface area contributed by atoms with Gasteiger partial charge in [0, 0.05) is 13.1 Å². The molecular weight excluding hydrogens is 378 g/mol. The van der Waals surface area contributed by atoms with Gasteiger partial charge in [-0.15, -0.1) is 11.3 Å². The molecule has 1 amide bonds. The van der Waals surface area contributed by atoms with Crippen molar-refractivity contribution in [3.05, 3.63) is 27.6 Å². The zero-order valence-electron chi connectivity index (χ0n) is 11.2. The number of nitrogens with one attached hydrogen (secondary N) is 3. The minimum absolute atomic E-state index is 0.184. The van der Waals surface area contributed by atoms with Crippen molar-refractivity contribution in [2.75, 3.05) is 26.2 Å². The summed E-state index contributed by atoms with van der Waals surface area (Å²) in [7, 11) is -3.62. The summed E-state index contributed by atoms with van der Waals surface area (Å²) in [5, 5.41) is 5.90. The van der Waals surface area contributed by atoms with Crippen LogP contribution in [-0.4, -0.2) is 40.5 Å². The van der Waals surface area contributed by atoms with E-state index >= 15 is 0 Å². The van der Waals surface area contributed by atoms with Crippen LogP contribution < -0.4 is 15.4 Å². The molecule has 116 valence electrons. The number of carbonyl (C=O) groups excluding carboxylic acids is 1. The summed E-state index contributed by atoms with van der Waals surface area (Å²) in [6.07, 6.45) is 2.94. The van der Waals surface area contributed by atoms with Gasteiger partial charge in [-0.05, 0) is 41.0 Å². The maximum absolute atomic E-state index is 11.9. The molecule has 2 heterocycles. The average molecular weight is 394 g/mol. The van der Waals surface area contributed by atoms with Crippen LogP contribution in [0, 0.1) is 0 Å². The Balaban J connectivity index is 1.79. The molecule has 1 aromatic rings. The third-order valence-corrected chi connectivity index (χ3v) is 6.42. The van der Waals surface area contributed by atoms with Gasteiger partial charge in [0.2, 0.25) is 5.91 Å². The molecule has 9 heteroatoms. The molecule has 0 radical (unpaired) electrons. The second-order valence-electron chi connectivity index (χ2n) is 4.48. The van der Waals surface area contributed by atoms with Crippen molar-refractivity contribution in [2.45, 2.75) is 10.6 Å². The van der Waals surface area contributed by atoms with Gasteiger partial charge in [0.1, 0.15) is 4.21 Å². The highest BCUT2D eigenvalue weighted by molar-refractivity contribution is 9.11. The molecule has 2 rings (SSSR count). The zero-order chi connectivity index (χ0) is 15.3. The molecule has 0 unspecified atom stereocenters. The van der Waals surface area contributed by atoms with Crippen LogP contribution in [-0.2, 0) is 14.8 Å². The first-order valence-electron chi connectivity index (χ1n) is 6.38. The van der Waals surface area contributed by atoms with E-state index in [2.05, 4.69) is 31.3 Å². The second-order valence-corrected chi connectivity index (χ2v) is 8.93. The van der Waals surface area contributed by atoms with E-state index in [4.69, 9.17) is 0 Å². The number of sulfonamides is 1. The Morgan fingerprint density at radius 3 is 2.86 bits per heavy atom. The van der Waals surface area contributed by atoms with Crippen molar-refractivity contribution >= 4 is 43.2 Å². The van der Waals surface area contributed by atoms with Gasteiger partial charge in [-0.25, -0.2) is 13.1 Å². The van der Waals surface area contributed by atoms with E-state index in [9.17, 15) is 13.2 Å². The van der Waals surface area contributed by atoms with Gasteiger partial charge in [0.05, 0.1) is 10.3 Å². The molecule has 0 bridgehead atoms. The highest BCUT2D eigenvalue weighted by atomic mass is 79.9. The van der Waals surface area contributed by atoms with Gasteiger partial charge in [-0.3, -0.25) is 4.79 Å². The number of hydrogen-bond donors (Lipinski definition) is 3. The predicted molar refractivity (Wildman–Crippen MR) is 85.8 cm³/mol. The van der Waals surface area contributed by atoms with E-state index < -0.39 is 10.0 Å². The van der Waals surface area contributed by atoms with Gasteiger partial charge in [0.15, 0.2) is 0 Å². The largest absolute Gasteiger partial charge is 0.351 e. The Morgan fingerprint density at radius 2 is 2.24 bits per heavy atom. The van der Waals surface area contributed by atoms with Crippen LogP contribution in [0.3, 0.4) is 0 Å². The Bertz CT molecular complexity index is 640. The summed E-state index contributed by atoms with van der Waals surface area (Å²) in [6.45, 7) is 1.92. The van der Waals surface area contributed by atoms with Crippen LogP contribution in [0.4, 0.5) is 0 Å². The fraction of sp³-hybridized carbons (Fsp3) is 0.417. The molecule has 0 aliphatic carbocycles. The molecule has 1 aliphatic heterocycles. The summed E-state index contributed by atoms with van der Waals surface area (Å²) in [5.41, 5.74) is 1.16. The van der Waals surface area contributed by atoms with E-state index in [1.807, 2.05) is 6.08 Å². The first-order chi connectivity index (χ1) is 9.97. The third-order valence-electron chi connectivity index (χ3n) is 2.91. The molecule has 0 atom stereocenters. The molecule has 0 fully saturated rings. The van der Waals surface area contributed by atoms with Crippen molar-refractivity contribution in [3.8, 4) is 0 Å². The van der Waals surface area contributed by atoms with Gasteiger partial charge >= 0.3 is 0 Å². The molecule has 0 saturated carbocycles. The van der Waals surface area contributed by atoms with Gasteiger partial charge < -0.3 is 10.6 Å². The van der Waals surface area contributed by atoms with Crippen molar-refractivity contribution in [3.63, 3.8) is 0 Å². The number of amides is 1. The minimum Gasteiger partial charge on any atom is -0.351 e. The van der Waals surface area contributed by atoms with E-state index in [1.165, 1.54) is 6.07 Å². The number of halogens is 1. The Kier molecular flexibility index (Phi) is 5.94. The van der Waals surface area contributed by atoms with Crippen molar-refractivity contribution in [2.24, 2.45) is 0 Å².